The number of carbonyl (C=O) groups excluding carboxylic acids is 2. The molecule has 1 aliphatic heterocycles. The van der Waals surface area contributed by atoms with E-state index in [2.05, 4.69) is 20.6 Å². The summed E-state index contributed by atoms with van der Waals surface area (Å²) in [5.74, 6) is -2.42. The van der Waals surface area contributed by atoms with Crippen LogP contribution in [0.2, 0.25) is 5.02 Å². The Balaban J connectivity index is 1.89. The molecule has 11 nitrogen and oxygen atoms in total. The third kappa shape index (κ3) is 8.39. The summed E-state index contributed by atoms with van der Waals surface area (Å²) in [6, 6.07) is 7.54. The molecule has 222 valence electrons. The lowest BCUT2D eigenvalue weighted by molar-refractivity contribution is -0.173. The molecule has 3 rings (SSSR count). The molecule has 3 amide bonds. The van der Waals surface area contributed by atoms with E-state index in [9.17, 15) is 32.7 Å². The van der Waals surface area contributed by atoms with Crippen LogP contribution >= 0.6 is 11.6 Å². The number of amides is 3. The fraction of sp³-hybridized carbons (Fsp3) is 0.385. The number of carboxylic acids is 1. The molecular formula is C26H29ClF3N5O6. The van der Waals surface area contributed by atoms with Crippen molar-refractivity contribution in [1.29, 1.82) is 0 Å². The number of rotatable bonds is 9. The Hall–Kier alpha value is -4.20. The van der Waals surface area contributed by atoms with Gasteiger partial charge in [-0.15, -0.1) is 0 Å². The molecule has 0 aromatic heterocycles. The number of aromatic carboxylic acids is 1. The molecule has 1 unspecified atom stereocenters. The quantitative estimate of drug-likeness (QED) is 0.249. The topological polar surface area (TPSA) is 156 Å². The van der Waals surface area contributed by atoms with Crippen molar-refractivity contribution in [2.75, 3.05) is 32.5 Å². The van der Waals surface area contributed by atoms with E-state index in [1.165, 1.54) is 25.3 Å². The number of halogens is 4. The Morgan fingerprint density at radius 1 is 1.29 bits per heavy atom. The summed E-state index contributed by atoms with van der Waals surface area (Å²) in [6.07, 6.45) is -4.21. The molecule has 0 radical (unpaired) electrons. The molecule has 1 fully saturated rings. The van der Waals surface area contributed by atoms with Gasteiger partial charge in [-0.3, -0.25) is 9.69 Å². The molecule has 41 heavy (non-hydrogen) atoms. The van der Waals surface area contributed by atoms with Gasteiger partial charge in [0.25, 0.3) is 0 Å². The molecule has 0 spiro atoms. The van der Waals surface area contributed by atoms with Crippen LogP contribution in [0.3, 0.4) is 0 Å². The van der Waals surface area contributed by atoms with Crippen LogP contribution in [-0.2, 0) is 16.1 Å². The van der Waals surface area contributed by atoms with Gasteiger partial charge in [0, 0.05) is 17.3 Å². The van der Waals surface area contributed by atoms with Gasteiger partial charge in [0.2, 0.25) is 12.5 Å². The SMILES string of the molecule is CCC(NC(=O)N1C/C(=N/OCC(F)(F)F)NC[C@@H](Cc2cc(Cl)ccc2OC)C1=O)c1ccc(C(=O)O)c(N)c1. The number of benzene rings is 2. The number of oxime groups is 1. The van der Waals surface area contributed by atoms with Gasteiger partial charge in [0.15, 0.2) is 5.84 Å². The normalized spacial score (nSPS) is 17.4. The predicted molar refractivity (Wildman–Crippen MR) is 144 cm³/mol. The molecule has 0 bridgehead atoms. The second-order valence-electron chi connectivity index (χ2n) is 9.15. The van der Waals surface area contributed by atoms with Crippen LogP contribution in [0.1, 0.15) is 40.9 Å². The number of hydrogen-bond donors (Lipinski definition) is 4. The summed E-state index contributed by atoms with van der Waals surface area (Å²) in [6.45, 7) is -0.476. The first kappa shape index (κ1) is 31.3. The molecule has 0 aliphatic carbocycles. The number of hydrogen-bond acceptors (Lipinski definition) is 7. The van der Waals surface area contributed by atoms with E-state index in [1.807, 2.05) is 0 Å². The zero-order valence-corrected chi connectivity index (χ0v) is 22.9. The number of nitrogen functional groups attached to an aromatic ring is 1. The zero-order chi connectivity index (χ0) is 30.3. The molecule has 2 atom stereocenters. The van der Waals surface area contributed by atoms with Gasteiger partial charge in [-0.25, -0.2) is 9.59 Å². The number of nitrogens with zero attached hydrogens (tertiary/aromatic N) is 2. The van der Waals surface area contributed by atoms with E-state index in [0.717, 1.165) is 4.90 Å². The number of carbonyl (C=O) groups is 3. The van der Waals surface area contributed by atoms with Crippen molar-refractivity contribution in [3.63, 3.8) is 0 Å². The van der Waals surface area contributed by atoms with Gasteiger partial charge in [0.05, 0.1) is 31.2 Å². The Kier molecular flexibility index (Phi) is 10.3. The lowest BCUT2D eigenvalue weighted by atomic mass is 9.97. The monoisotopic (exact) mass is 599 g/mol. The van der Waals surface area contributed by atoms with Gasteiger partial charge in [-0.2, -0.15) is 13.2 Å². The number of nitrogens with two attached hydrogens (primary N) is 1. The number of carboxylic acid groups (broad SMARTS) is 1. The second kappa shape index (κ2) is 13.4. The van der Waals surface area contributed by atoms with E-state index >= 15 is 0 Å². The first-order valence-corrected chi connectivity index (χ1v) is 12.8. The molecule has 0 saturated carbocycles. The molecule has 2 aromatic carbocycles. The Bertz CT molecular complexity index is 1320. The first-order chi connectivity index (χ1) is 19.3. The molecule has 5 N–H and O–H groups in total. The van der Waals surface area contributed by atoms with Crippen LogP contribution in [0.15, 0.2) is 41.6 Å². The average Bonchev–Trinajstić information content (AvgIpc) is 3.05. The molecular weight excluding hydrogens is 571 g/mol. The zero-order valence-electron chi connectivity index (χ0n) is 22.1. The van der Waals surface area contributed by atoms with Gasteiger partial charge in [-0.1, -0.05) is 29.7 Å². The van der Waals surface area contributed by atoms with Crippen LogP contribution in [0, 0.1) is 5.92 Å². The molecule has 1 heterocycles. The van der Waals surface area contributed by atoms with Crippen molar-refractivity contribution < 1.29 is 42.2 Å². The number of alkyl halides is 3. The second-order valence-corrected chi connectivity index (χ2v) is 9.59. The van der Waals surface area contributed by atoms with E-state index in [1.54, 1.807) is 25.1 Å². The highest BCUT2D eigenvalue weighted by Gasteiger charge is 2.35. The highest BCUT2D eigenvalue weighted by Crippen LogP contribution is 2.27. The summed E-state index contributed by atoms with van der Waals surface area (Å²) in [7, 11) is 1.45. The Labute approximate surface area is 238 Å². The molecule has 1 saturated heterocycles. The first-order valence-electron chi connectivity index (χ1n) is 12.4. The number of methoxy groups -OCH3 is 1. The predicted octanol–water partition coefficient (Wildman–Crippen LogP) is 3.97. The van der Waals surface area contributed by atoms with Gasteiger partial charge in [0.1, 0.15) is 5.75 Å². The Morgan fingerprint density at radius 2 is 2.02 bits per heavy atom. The highest BCUT2D eigenvalue weighted by atomic mass is 35.5. The minimum Gasteiger partial charge on any atom is -0.496 e. The number of anilines is 1. The van der Waals surface area contributed by atoms with Gasteiger partial charge < -0.3 is 31.0 Å². The van der Waals surface area contributed by atoms with Crippen LogP contribution in [-0.4, -0.2) is 66.7 Å². The summed E-state index contributed by atoms with van der Waals surface area (Å²) < 4.78 is 43.2. The van der Waals surface area contributed by atoms with E-state index in [4.69, 9.17) is 22.1 Å². The van der Waals surface area contributed by atoms with E-state index in [0.29, 0.717) is 28.3 Å². The van der Waals surface area contributed by atoms with Crippen LogP contribution < -0.4 is 21.1 Å². The third-order valence-electron chi connectivity index (χ3n) is 6.25. The molecule has 2 aromatic rings. The summed E-state index contributed by atoms with van der Waals surface area (Å²) in [5, 5.41) is 18.6. The van der Waals surface area contributed by atoms with Gasteiger partial charge >= 0.3 is 18.2 Å². The maximum absolute atomic E-state index is 13.6. The minimum absolute atomic E-state index is 0.00971. The van der Waals surface area contributed by atoms with E-state index < -0.39 is 49.2 Å². The fourth-order valence-electron chi connectivity index (χ4n) is 4.22. The van der Waals surface area contributed by atoms with Crippen molar-refractivity contribution in [2.45, 2.75) is 32.0 Å². The third-order valence-corrected chi connectivity index (χ3v) is 6.48. The summed E-state index contributed by atoms with van der Waals surface area (Å²) in [5.41, 5.74) is 6.81. The number of urea groups is 1. The standard InChI is InChI=1S/C26H29ClF3N5O6/c1-3-20(14-4-6-18(24(37)38)19(31)10-14)33-25(39)35-12-22(34-41-13-26(28,29)30)32-11-16(23(35)36)8-15-9-17(27)5-7-21(15)40-2/h4-7,9-10,16,20H,3,8,11-13,31H2,1-2H3,(H,32,34)(H,33,39)(H,37,38)/t16-,20?/m1/s1. The van der Waals surface area contributed by atoms with E-state index in [-0.39, 0.29) is 30.1 Å². The van der Waals surface area contributed by atoms with Crippen LogP contribution in [0.5, 0.6) is 5.75 Å². The summed E-state index contributed by atoms with van der Waals surface area (Å²) >= 11 is 6.13. The molecule has 15 heteroatoms. The van der Waals surface area contributed by atoms with Crippen molar-refractivity contribution >= 4 is 41.0 Å². The minimum atomic E-state index is -4.64. The Morgan fingerprint density at radius 3 is 2.63 bits per heavy atom. The number of imide groups is 1. The summed E-state index contributed by atoms with van der Waals surface area (Å²) in [4.78, 5) is 43.6. The van der Waals surface area contributed by atoms with Crippen molar-refractivity contribution in [2.24, 2.45) is 11.1 Å². The molecule has 1 aliphatic rings. The lowest BCUT2D eigenvalue weighted by Gasteiger charge is -2.26. The maximum Gasteiger partial charge on any atom is 0.425 e. The largest absolute Gasteiger partial charge is 0.496 e. The van der Waals surface area contributed by atoms with Crippen molar-refractivity contribution in [3.05, 3.63) is 58.1 Å². The van der Waals surface area contributed by atoms with Crippen LogP contribution in [0.25, 0.3) is 0 Å². The van der Waals surface area contributed by atoms with Crippen LogP contribution in [0.4, 0.5) is 23.7 Å². The number of nitrogens with one attached hydrogen (secondary N) is 2. The average molecular weight is 600 g/mol. The lowest BCUT2D eigenvalue weighted by Crippen LogP contribution is -2.48. The number of amidine groups is 1. The fourth-order valence-corrected chi connectivity index (χ4v) is 4.42. The van der Waals surface area contributed by atoms with Crippen molar-refractivity contribution in [1.82, 2.24) is 15.5 Å². The maximum atomic E-state index is 13.6. The highest BCUT2D eigenvalue weighted by molar-refractivity contribution is 6.30. The van der Waals surface area contributed by atoms with Crippen molar-refractivity contribution in [3.8, 4) is 5.75 Å². The number of ether oxygens (including phenoxy) is 1. The smallest absolute Gasteiger partial charge is 0.425 e. The van der Waals surface area contributed by atoms with Gasteiger partial charge in [-0.05, 0) is 54.3 Å².